The Kier molecular flexibility index (Phi) is 24.3. The van der Waals surface area contributed by atoms with E-state index in [-0.39, 0.29) is 11.0 Å². The van der Waals surface area contributed by atoms with Crippen LogP contribution in [0.5, 0.6) is 0 Å². The van der Waals surface area contributed by atoms with E-state index in [1.54, 1.807) is 0 Å². The van der Waals surface area contributed by atoms with Crippen LogP contribution in [0, 0.1) is 0 Å². The molecule has 0 aromatic carbocycles. The van der Waals surface area contributed by atoms with Gasteiger partial charge in [0.05, 0.1) is 0 Å². The van der Waals surface area contributed by atoms with E-state index in [1.165, 1.54) is 0 Å². The van der Waals surface area contributed by atoms with Gasteiger partial charge in [0.15, 0.2) is 0 Å². The van der Waals surface area contributed by atoms with Gasteiger partial charge in [-0.25, -0.2) is 0 Å². The van der Waals surface area contributed by atoms with Crippen LogP contribution in [0.4, 0.5) is 9.47 Å². The predicted octanol–water partition coefficient (Wildman–Crippen LogP) is -0.391. The maximum absolute atomic E-state index is 9.84. The van der Waals surface area contributed by atoms with Crippen molar-refractivity contribution in [3.8, 4) is 0 Å². The zero-order valence-corrected chi connectivity index (χ0v) is 4.55. The van der Waals surface area contributed by atoms with Crippen molar-refractivity contribution in [2.24, 2.45) is 0 Å². The fraction of sp³-hybridized carbons (Fsp3) is 0. The van der Waals surface area contributed by atoms with Crippen molar-refractivity contribution in [2.45, 2.75) is 0 Å². The Balaban J connectivity index is -0.0000000450. The van der Waals surface area contributed by atoms with Crippen LogP contribution in [-0.4, -0.2) is 11.0 Å². The van der Waals surface area contributed by atoms with Crippen molar-refractivity contribution in [1.82, 2.24) is 0 Å². The monoisotopic (exact) mass is 191 g/mol. The fourth-order valence-electron chi connectivity index (χ4n) is 0. The Morgan fingerprint density at radius 2 is 0.833 bits per heavy atom. The molecule has 0 saturated heterocycles. The van der Waals surface area contributed by atoms with Crippen LogP contribution >= 0.6 is 0 Å². The van der Waals surface area contributed by atoms with Gasteiger partial charge in [0.1, 0.15) is 0 Å². The second-order valence-electron chi connectivity index (χ2n) is 0.175. The first-order valence-electron chi connectivity index (χ1n) is 0.463. The summed E-state index contributed by atoms with van der Waals surface area (Å²) in [4.78, 5) is 0. The number of rotatable bonds is 0. The van der Waals surface area contributed by atoms with Gasteiger partial charge in [-0.2, -0.15) is 0 Å². The number of hydrogen-bond acceptors (Lipinski definition) is 0. The molecular weight excluding hydrogens is 185 g/mol. The summed E-state index contributed by atoms with van der Waals surface area (Å²) in [5.41, 5.74) is 0. The van der Waals surface area contributed by atoms with Gasteiger partial charge in [-0.05, 0) is 0 Å². The summed E-state index contributed by atoms with van der Waals surface area (Å²) in [7, 11) is 0. The van der Waals surface area contributed by atoms with Gasteiger partial charge in [0.25, 0.3) is 0 Å². The zero-order valence-electron chi connectivity index (χ0n) is 2.54. The number of hydrogen-bond donors (Lipinski definition) is 0. The van der Waals surface area contributed by atoms with Crippen LogP contribution in [0.15, 0.2) is 0 Å². The van der Waals surface area contributed by atoms with Crippen LogP contribution < -0.4 is 0 Å². The average Bonchev–Trinajstić information content (AvgIpc) is 0.811. The van der Waals surface area contributed by atoms with E-state index in [0.29, 0.717) is 0 Å². The van der Waals surface area contributed by atoms with Gasteiger partial charge in [-0.3, -0.25) is 0 Å². The van der Waals surface area contributed by atoms with Crippen molar-refractivity contribution in [2.75, 3.05) is 0 Å². The van der Waals surface area contributed by atoms with E-state index in [9.17, 15) is 9.47 Å². The minimum atomic E-state index is -4.86. The van der Waals surface area contributed by atoms with E-state index >= 15 is 0 Å². The summed E-state index contributed by atoms with van der Waals surface area (Å²) < 4.78 is 29.5. The standard InChI is InChI=1S/3FH.Mo.2H2O/h3*1H;;2*1H2/q;;;+3;;/p-3. The maximum atomic E-state index is 9.84. The Morgan fingerprint density at radius 1 is 0.833 bits per heavy atom. The van der Waals surface area contributed by atoms with Crippen molar-refractivity contribution < 1.29 is 39.3 Å². The third kappa shape index (κ3) is 320. The van der Waals surface area contributed by atoms with Crippen molar-refractivity contribution in [3.63, 3.8) is 0 Å². The molecule has 2 nitrogen and oxygen atoms in total. The van der Waals surface area contributed by atoms with E-state index < -0.39 is 18.9 Å². The van der Waals surface area contributed by atoms with E-state index in [2.05, 4.69) is 0 Å². The molecule has 0 aromatic heterocycles. The van der Waals surface area contributed by atoms with E-state index in [1.807, 2.05) is 0 Å². The summed E-state index contributed by atoms with van der Waals surface area (Å²) >= 11 is -4.86. The molecule has 0 amide bonds. The normalized spacial score (nSPS) is 6.00. The quantitative estimate of drug-likeness (QED) is 0.466. The third-order valence-electron chi connectivity index (χ3n) is 0. The second kappa shape index (κ2) is 9.04. The first kappa shape index (κ1) is 16.1. The van der Waals surface area contributed by atoms with Gasteiger partial charge in [-0.15, -0.1) is 0 Å². The zero-order chi connectivity index (χ0) is 3.58. The Bertz CT molecular complexity index is 13.5. The molecule has 43 valence electrons. The minimum absolute atomic E-state index is 0. The van der Waals surface area contributed by atoms with Crippen molar-refractivity contribution in [1.29, 1.82) is 0 Å². The Labute approximate surface area is 40.1 Å². The van der Waals surface area contributed by atoms with Crippen LogP contribution in [0.2, 0.25) is 0 Å². The molecule has 0 rings (SSSR count). The fourth-order valence-corrected chi connectivity index (χ4v) is 0. The second-order valence-corrected chi connectivity index (χ2v) is 1.04. The molecule has 0 aliphatic carbocycles. The van der Waals surface area contributed by atoms with Gasteiger partial charge >= 0.3 is 28.4 Å². The molecule has 6 heavy (non-hydrogen) atoms. The molecule has 0 spiro atoms. The predicted molar refractivity (Wildman–Crippen MR) is 10.6 cm³/mol. The van der Waals surface area contributed by atoms with Crippen molar-refractivity contribution >= 4 is 0 Å². The molecule has 0 aliphatic heterocycles. The third-order valence-corrected chi connectivity index (χ3v) is 0. The molecule has 0 aliphatic rings. The van der Waals surface area contributed by atoms with Gasteiger partial charge in [-0.1, -0.05) is 0 Å². The summed E-state index contributed by atoms with van der Waals surface area (Å²) in [6, 6.07) is 0. The molecule has 0 bridgehead atoms. The van der Waals surface area contributed by atoms with E-state index in [0.717, 1.165) is 0 Å². The SMILES string of the molecule is O.O.[F][Mo]([F])[F]. The van der Waals surface area contributed by atoms with Crippen LogP contribution in [0.25, 0.3) is 0 Å². The molecule has 0 atom stereocenters. The molecule has 6 heteroatoms. The van der Waals surface area contributed by atoms with Crippen molar-refractivity contribution in [3.05, 3.63) is 0 Å². The summed E-state index contributed by atoms with van der Waals surface area (Å²) in [6.07, 6.45) is 0. The van der Waals surface area contributed by atoms with Crippen LogP contribution in [0.3, 0.4) is 0 Å². The molecule has 0 saturated carbocycles. The average molecular weight is 189 g/mol. The first-order chi connectivity index (χ1) is 1.73. The molecule has 4 N–H and O–H groups in total. The summed E-state index contributed by atoms with van der Waals surface area (Å²) in [5, 5.41) is 0. The Morgan fingerprint density at radius 3 is 0.833 bits per heavy atom. The molecule has 0 aromatic rings. The first-order valence-corrected chi connectivity index (χ1v) is 2.74. The molecule has 0 fully saturated rings. The molecule has 0 heterocycles. The number of halogens is 3. The summed E-state index contributed by atoms with van der Waals surface area (Å²) in [6.45, 7) is 0. The van der Waals surface area contributed by atoms with Gasteiger partial charge in [0, 0.05) is 0 Å². The van der Waals surface area contributed by atoms with Gasteiger partial charge in [0.2, 0.25) is 0 Å². The molecular formula is H4F3MoO2. The topological polar surface area (TPSA) is 63.0 Å². The Hall–Kier alpha value is 0.398. The molecule has 0 unspecified atom stereocenters. The van der Waals surface area contributed by atoms with E-state index in [4.69, 9.17) is 0 Å². The van der Waals surface area contributed by atoms with Gasteiger partial charge < -0.3 is 11.0 Å². The van der Waals surface area contributed by atoms with Crippen LogP contribution in [0.1, 0.15) is 0 Å². The summed E-state index contributed by atoms with van der Waals surface area (Å²) in [5.74, 6) is 0. The van der Waals surface area contributed by atoms with Crippen LogP contribution in [-0.2, 0) is 18.9 Å². The molecule has 0 radical (unpaired) electrons.